The normalized spacial score (nSPS) is 19.7. The largest absolute Gasteiger partial charge is 0.368 e. The fourth-order valence-corrected chi connectivity index (χ4v) is 3.82. The van der Waals surface area contributed by atoms with Crippen molar-refractivity contribution in [1.29, 1.82) is 0 Å². The van der Waals surface area contributed by atoms with Gasteiger partial charge in [0.2, 0.25) is 0 Å². The van der Waals surface area contributed by atoms with Gasteiger partial charge in [-0.1, -0.05) is 19.4 Å². The molecule has 1 unspecified atom stereocenters. The highest BCUT2D eigenvalue weighted by atomic mass is 32.2. The van der Waals surface area contributed by atoms with E-state index in [2.05, 4.69) is 36.3 Å². The highest BCUT2D eigenvalue weighted by Crippen LogP contribution is 2.34. The van der Waals surface area contributed by atoms with Crippen LogP contribution in [0.2, 0.25) is 0 Å². The maximum Gasteiger partial charge on any atom is 0.0425 e. The number of nitrogens with zero attached hydrogens (tertiary/aromatic N) is 1. The van der Waals surface area contributed by atoms with Crippen LogP contribution < -0.4 is 10.6 Å². The molecule has 19 heavy (non-hydrogen) atoms. The van der Waals surface area contributed by atoms with Crippen LogP contribution in [0.25, 0.3) is 0 Å². The Balaban J connectivity index is 2.32. The van der Waals surface area contributed by atoms with Crippen LogP contribution in [0.3, 0.4) is 0 Å². The van der Waals surface area contributed by atoms with Gasteiger partial charge in [0.25, 0.3) is 0 Å². The van der Waals surface area contributed by atoms with Crippen LogP contribution in [-0.4, -0.2) is 18.8 Å². The second-order valence-corrected chi connectivity index (χ2v) is 6.14. The molecule has 1 aromatic carbocycles. The van der Waals surface area contributed by atoms with E-state index in [1.807, 2.05) is 0 Å². The van der Waals surface area contributed by atoms with Gasteiger partial charge in [-0.2, -0.15) is 0 Å². The molecule has 1 atom stereocenters. The molecule has 0 bridgehead atoms. The smallest absolute Gasteiger partial charge is 0.0425 e. The summed E-state index contributed by atoms with van der Waals surface area (Å²) in [5.74, 6) is 0. The van der Waals surface area contributed by atoms with Crippen molar-refractivity contribution in [3.63, 3.8) is 0 Å². The first-order valence-corrected chi connectivity index (χ1v) is 8.66. The standard InChI is InChI=1S/C16H26N2S/c1-3-7-13-8-4-5-11-18(13)15-9-6-10-16(19-2)14(15)12-17/h6,9-10,13H,3-5,7-8,11-12,17H2,1-2H3. The SMILES string of the molecule is CCCC1CCCCN1c1cccc(SC)c1CN. The number of benzene rings is 1. The maximum atomic E-state index is 6.01. The van der Waals surface area contributed by atoms with Crippen molar-refractivity contribution in [1.82, 2.24) is 0 Å². The van der Waals surface area contributed by atoms with Crippen molar-refractivity contribution in [2.24, 2.45) is 5.73 Å². The second kappa shape index (κ2) is 7.20. The van der Waals surface area contributed by atoms with Gasteiger partial charge < -0.3 is 10.6 Å². The molecule has 0 aromatic heterocycles. The molecule has 106 valence electrons. The van der Waals surface area contributed by atoms with E-state index in [0.717, 1.165) is 0 Å². The summed E-state index contributed by atoms with van der Waals surface area (Å²) in [6, 6.07) is 7.34. The Kier molecular flexibility index (Phi) is 5.59. The zero-order valence-electron chi connectivity index (χ0n) is 12.2. The first-order chi connectivity index (χ1) is 9.31. The van der Waals surface area contributed by atoms with Gasteiger partial charge >= 0.3 is 0 Å². The van der Waals surface area contributed by atoms with Gasteiger partial charge in [0.15, 0.2) is 0 Å². The van der Waals surface area contributed by atoms with Crippen molar-refractivity contribution in [2.45, 2.75) is 56.5 Å². The average molecular weight is 278 g/mol. The summed E-state index contributed by atoms with van der Waals surface area (Å²) in [5, 5.41) is 0. The Morgan fingerprint density at radius 1 is 1.37 bits per heavy atom. The number of hydrogen-bond acceptors (Lipinski definition) is 3. The van der Waals surface area contributed by atoms with Gasteiger partial charge in [-0.15, -0.1) is 11.8 Å². The third-order valence-electron chi connectivity index (χ3n) is 4.09. The van der Waals surface area contributed by atoms with E-state index in [1.54, 1.807) is 11.8 Å². The number of anilines is 1. The molecule has 2 N–H and O–H groups in total. The summed E-state index contributed by atoms with van der Waals surface area (Å²) >= 11 is 1.81. The minimum atomic E-state index is 0.641. The molecule has 1 aliphatic rings. The van der Waals surface area contributed by atoms with Gasteiger partial charge in [-0.3, -0.25) is 0 Å². The van der Waals surface area contributed by atoms with Crippen molar-refractivity contribution >= 4 is 17.4 Å². The van der Waals surface area contributed by atoms with Crippen LogP contribution in [-0.2, 0) is 6.54 Å². The van der Waals surface area contributed by atoms with Gasteiger partial charge in [0.05, 0.1) is 0 Å². The van der Waals surface area contributed by atoms with Crippen molar-refractivity contribution in [3.05, 3.63) is 23.8 Å². The van der Waals surface area contributed by atoms with Gasteiger partial charge in [-0.05, 0) is 44.1 Å². The summed E-state index contributed by atoms with van der Waals surface area (Å²) < 4.78 is 0. The molecule has 0 spiro atoms. The van der Waals surface area contributed by atoms with Crippen molar-refractivity contribution in [3.8, 4) is 0 Å². The molecule has 1 aromatic rings. The summed E-state index contributed by atoms with van der Waals surface area (Å²) in [4.78, 5) is 3.95. The van der Waals surface area contributed by atoms with Crippen LogP contribution in [0, 0.1) is 0 Å². The lowest BCUT2D eigenvalue weighted by Gasteiger charge is -2.39. The zero-order chi connectivity index (χ0) is 13.7. The Labute approximate surface area is 121 Å². The molecular weight excluding hydrogens is 252 g/mol. The topological polar surface area (TPSA) is 29.3 Å². The van der Waals surface area contributed by atoms with Crippen LogP contribution >= 0.6 is 11.8 Å². The fourth-order valence-electron chi connectivity index (χ4n) is 3.17. The van der Waals surface area contributed by atoms with Gasteiger partial charge in [-0.25, -0.2) is 0 Å². The van der Waals surface area contributed by atoms with Crippen LogP contribution in [0.15, 0.2) is 23.1 Å². The zero-order valence-corrected chi connectivity index (χ0v) is 13.0. The van der Waals surface area contributed by atoms with Crippen LogP contribution in [0.1, 0.15) is 44.6 Å². The Morgan fingerprint density at radius 3 is 2.89 bits per heavy atom. The molecule has 0 aliphatic carbocycles. The maximum absolute atomic E-state index is 6.01. The molecule has 2 rings (SSSR count). The van der Waals surface area contributed by atoms with Gasteiger partial charge in [0.1, 0.15) is 0 Å². The molecular formula is C16H26N2S. The third kappa shape index (κ3) is 3.26. The summed E-state index contributed by atoms with van der Waals surface area (Å²) in [5.41, 5.74) is 8.73. The Bertz CT molecular complexity index is 404. The number of hydrogen-bond donors (Lipinski definition) is 1. The minimum Gasteiger partial charge on any atom is -0.368 e. The van der Waals surface area contributed by atoms with E-state index in [9.17, 15) is 0 Å². The molecule has 1 fully saturated rings. The van der Waals surface area contributed by atoms with Crippen LogP contribution in [0.5, 0.6) is 0 Å². The highest BCUT2D eigenvalue weighted by molar-refractivity contribution is 7.98. The first-order valence-electron chi connectivity index (χ1n) is 7.44. The number of rotatable bonds is 5. The average Bonchev–Trinajstić information content (AvgIpc) is 2.47. The molecule has 0 saturated carbocycles. The first kappa shape index (κ1) is 14.7. The van der Waals surface area contributed by atoms with Crippen molar-refractivity contribution in [2.75, 3.05) is 17.7 Å². The van der Waals surface area contributed by atoms with Crippen LogP contribution in [0.4, 0.5) is 5.69 Å². The summed E-state index contributed by atoms with van der Waals surface area (Å²) in [6.07, 6.45) is 8.73. The number of piperidine rings is 1. The predicted molar refractivity (Wildman–Crippen MR) is 86.0 cm³/mol. The molecule has 2 nitrogen and oxygen atoms in total. The monoisotopic (exact) mass is 278 g/mol. The van der Waals surface area contributed by atoms with E-state index < -0.39 is 0 Å². The van der Waals surface area contributed by atoms with Crippen molar-refractivity contribution < 1.29 is 0 Å². The van der Waals surface area contributed by atoms with E-state index in [-0.39, 0.29) is 0 Å². The fraction of sp³-hybridized carbons (Fsp3) is 0.625. The minimum absolute atomic E-state index is 0.641. The lowest BCUT2D eigenvalue weighted by atomic mass is 9.96. The third-order valence-corrected chi connectivity index (χ3v) is 4.91. The lowest BCUT2D eigenvalue weighted by molar-refractivity contribution is 0.433. The van der Waals surface area contributed by atoms with Gasteiger partial charge in [0, 0.05) is 35.3 Å². The van der Waals surface area contributed by atoms with E-state index >= 15 is 0 Å². The lowest BCUT2D eigenvalue weighted by Crippen LogP contribution is -2.40. The predicted octanol–water partition coefficient (Wildman–Crippen LogP) is 4.03. The quantitative estimate of drug-likeness (QED) is 0.825. The summed E-state index contributed by atoms with van der Waals surface area (Å²) in [7, 11) is 0. The van der Waals surface area contributed by atoms with E-state index in [4.69, 9.17) is 5.73 Å². The summed E-state index contributed by atoms with van der Waals surface area (Å²) in [6.45, 7) is 4.12. The van der Waals surface area contributed by atoms with E-state index in [0.29, 0.717) is 12.6 Å². The van der Waals surface area contributed by atoms with E-state index in [1.165, 1.54) is 54.8 Å². The highest BCUT2D eigenvalue weighted by Gasteiger charge is 2.24. The Morgan fingerprint density at radius 2 is 2.21 bits per heavy atom. The molecule has 0 amide bonds. The molecule has 1 saturated heterocycles. The molecule has 3 heteroatoms. The second-order valence-electron chi connectivity index (χ2n) is 5.29. The Hall–Kier alpha value is -0.670. The molecule has 1 heterocycles. The molecule has 0 radical (unpaired) electrons. The number of thioether (sulfide) groups is 1. The molecule has 1 aliphatic heterocycles. The number of nitrogens with two attached hydrogens (primary N) is 1.